The van der Waals surface area contributed by atoms with Crippen LogP contribution in [0.2, 0.25) is 0 Å². The first-order valence-electron chi connectivity index (χ1n) is 6.52. The summed E-state index contributed by atoms with van der Waals surface area (Å²) in [6.45, 7) is 2.02. The summed E-state index contributed by atoms with van der Waals surface area (Å²) in [6, 6.07) is 9.42. The van der Waals surface area contributed by atoms with Gasteiger partial charge in [-0.3, -0.25) is 0 Å². The van der Waals surface area contributed by atoms with Crippen LogP contribution in [-0.4, -0.2) is 21.3 Å². The molecular formula is C16H20N2O3. The lowest BCUT2D eigenvalue weighted by Crippen LogP contribution is -2.01. The van der Waals surface area contributed by atoms with Crippen molar-refractivity contribution < 1.29 is 14.2 Å². The molecule has 0 aliphatic heterocycles. The molecule has 2 aromatic rings. The van der Waals surface area contributed by atoms with Crippen molar-refractivity contribution in [3.05, 3.63) is 35.9 Å². The molecule has 5 nitrogen and oxygen atoms in total. The second-order valence-corrected chi connectivity index (χ2v) is 4.62. The minimum atomic E-state index is 0.566. The second-order valence-electron chi connectivity index (χ2n) is 4.62. The van der Waals surface area contributed by atoms with Gasteiger partial charge < -0.3 is 25.3 Å². The summed E-state index contributed by atoms with van der Waals surface area (Å²) in [5, 5.41) is 3.27. The third kappa shape index (κ3) is 3.13. The molecule has 0 atom stereocenters. The Hall–Kier alpha value is -2.56. The van der Waals surface area contributed by atoms with E-state index in [2.05, 4.69) is 5.32 Å². The Balaban J connectivity index is 2.42. The molecule has 0 saturated carbocycles. The van der Waals surface area contributed by atoms with Crippen molar-refractivity contribution in [2.45, 2.75) is 6.92 Å². The molecule has 0 amide bonds. The summed E-state index contributed by atoms with van der Waals surface area (Å²) in [5.41, 5.74) is 9.32. The molecule has 3 N–H and O–H groups in total. The van der Waals surface area contributed by atoms with Crippen LogP contribution in [0.15, 0.2) is 30.3 Å². The first-order chi connectivity index (χ1) is 10.1. The van der Waals surface area contributed by atoms with Gasteiger partial charge in [-0.2, -0.15) is 0 Å². The molecule has 0 aliphatic carbocycles. The van der Waals surface area contributed by atoms with E-state index < -0.39 is 0 Å². The van der Waals surface area contributed by atoms with Crippen LogP contribution in [0.5, 0.6) is 17.2 Å². The van der Waals surface area contributed by atoms with Crippen molar-refractivity contribution in [1.82, 2.24) is 0 Å². The van der Waals surface area contributed by atoms with E-state index in [1.807, 2.05) is 25.1 Å². The third-order valence-electron chi connectivity index (χ3n) is 3.18. The number of hydrogen-bond donors (Lipinski definition) is 2. The summed E-state index contributed by atoms with van der Waals surface area (Å²) >= 11 is 0. The highest BCUT2D eigenvalue weighted by Crippen LogP contribution is 2.38. The van der Waals surface area contributed by atoms with Gasteiger partial charge in [0.2, 0.25) is 0 Å². The minimum absolute atomic E-state index is 0.566. The van der Waals surface area contributed by atoms with Gasteiger partial charge in [-0.25, -0.2) is 0 Å². The smallest absolute Gasteiger partial charge is 0.162 e. The first-order valence-corrected chi connectivity index (χ1v) is 6.52. The van der Waals surface area contributed by atoms with E-state index in [0.29, 0.717) is 17.2 Å². The van der Waals surface area contributed by atoms with Crippen LogP contribution in [-0.2, 0) is 0 Å². The van der Waals surface area contributed by atoms with E-state index in [9.17, 15) is 0 Å². The van der Waals surface area contributed by atoms with Crippen LogP contribution in [0.4, 0.5) is 17.1 Å². The van der Waals surface area contributed by atoms with Gasteiger partial charge in [0.15, 0.2) is 11.5 Å². The Kier molecular flexibility index (Phi) is 4.42. The Bertz CT molecular complexity index is 642. The van der Waals surface area contributed by atoms with E-state index in [1.165, 1.54) is 0 Å². The van der Waals surface area contributed by atoms with Crippen LogP contribution in [0.25, 0.3) is 0 Å². The van der Waals surface area contributed by atoms with Gasteiger partial charge in [0.05, 0.1) is 38.4 Å². The van der Waals surface area contributed by atoms with Crippen LogP contribution in [0.3, 0.4) is 0 Å². The zero-order chi connectivity index (χ0) is 15.4. The number of nitrogen functional groups attached to an aromatic ring is 1. The average molecular weight is 288 g/mol. The Labute approximate surface area is 124 Å². The highest BCUT2D eigenvalue weighted by atomic mass is 16.5. The molecule has 0 heterocycles. The van der Waals surface area contributed by atoms with E-state index in [0.717, 1.165) is 22.7 Å². The van der Waals surface area contributed by atoms with Gasteiger partial charge in [-0.15, -0.1) is 0 Å². The van der Waals surface area contributed by atoms with Crippen LogP contribution >= 0.6 is 0 Å². The van der Waals surface area contributed by atoms with E-state index >= 15 is 0 Å². The second kappa shape index (κ2) is 6.26. The van der Waals surface area contributed by atoms with Crippen molar-refractivity contribution in [3.63, 3.8) is 0 Å². The molecule has 0 spiro atoms. The summed E-state index contributed by atoms with van der Waals surface area (Å²) < 4.78 is 15.9. The fourth-order valence-corrected chi connectivity index (χ4v) is 2.07. The van der Waals surface area contributed by atoms with Crippen molar-refractivity contribution in [2.24, 2.45) is 0 Å². The quantitative estimate of drug-likeness (QED) is 0.826. The average Bonchev–Trinajstić information content (AvgIpc) is 2.49. The molecule has 0 radical (unpaired) electrons. The van der Waals surface area contributed by atoms with Crippen molar-refractivity contribution in [2.75, 3.05) is 32.4 Å². The molecule has 0 aromatic heterocycles. The van der Waals surface area contributed by atoms with E-state index in [-0.39, 0.29) is 0 Å². The van der Waals surface area contributed by atoms with Gasteiger partial charge >= 0.3 is 0 Å². The van der Waals surface area contributed by atoms with Gasteiger partial charge in [0.1, 0.15) is 5.75 Å². The maximum Gasteiger partial charge on any atom is 0.162 e. The highest BCUT2D eigenvalue weighted by Gasteiger charge is 2.11. The Morgan fingerprint density at radius 1 is 0.810 bits per heavy atom. The third-order valence-corrected chi connectivity index (χ3v) is 3.18. The summed E-state index contributed by atoms with van der Waals surface area (Å²) in [7, 11) is 4.80. The Morgan fingerprint density at radius 2 is 1.43 bits per heavy atom. The number of anilines is 3. The molecule has 0 saturated heterocycles. The van der Waals surface area contributed by atoms with Crippen LogP contribution in [0.1, 0.15) is 5.56 Å². The summed E-state index contributed by atoms with van der Waals surface area (Å²) in [4.78, 5) is 0. The van der Waals surface area contributed by atoms with Crippen molar-refractivity contribution >= 4 is 17.1 Å². The monoisotopic (exact) mass is 288 g/mol. The van der Waals surface area contributed by atoms with Crippen molar-refractivity contribution in [3.8, 4) is 17.2 Å². The van der Waals surface area contributed by atoms with Gasteiger partial charge in [-0.1, -0.05) is 6.07 Å². The van der Waals surface area contributed by atoms with E-state index in [1.54, 1.807) is 33.5 Å². The normalized spacial score (nSPS) is 10.1. The lowest BCUT2D eigenvalue weighted by Gasteiger charge is -2.16. The lowest BCUT2D eigenvalue weighted by molar-refractivity contribution is 0.355. The van der Waals surface area contributed by atoms with Gasteiger partial charge in [0, 0.05) is 12.1 Å². The maximum atomic E-state index is 6.06. The zero-order valence-corrected chi connectivity index (χ0v) is 12.7. The predicted octanol–water partition coefficient (Wildman–Crippen LogP) is 3.35. The van der Waals surface area contributed by atoms with Crippen LogP contribution < -0.4 is 25.3 Å². The number of hydrogen-bond acceptors (Lipinski definition) is 5. The number of rotatable bonds is 5. The van der Waals surface area contributed by atoms with Crippen LogP contribution in [0, 0.1) is 6.92 Å². The number of nitrogens with one attached hydrogen (secondary N) is 1. The number of methoxy groups -OCH3 is 3. The topological polar surface area (TPSA) is 65.7 Å². The largest absolute Gasteiger partial charge is 0.495 e. The standard InChI is InChI=1S/C16H20N2O3/c1-10-5-6-14(19-2)13(7-10)18-12-9-16(21-4)15(20-3)8-11(12)17/h5-9,18H,17H2,1-4H3. The highest BCUT2D eigenvalue weighted by molar-refractivity contribution is 5.78. The molecule has 0 bridgehead atoms. The molecule has 2 rings (SSSR count). The number of nitrogens with two attached hydrogens (primary N) is 1. The van der Waals surface area contributed by atoms with Crippen molar-refractivity contribution in [1.29, 1.82) is 0 Å². The molecule has 0 aliphatic rings. The fraction of sp³-hybridized carbons (Fsp3) is 0.250. The first kappa shape index (κ1) is 14.8. The molecule has 0 fully saturated rings. The maximum absolute atomic E-state index is 6.06. The zero-order valence-electron chi connectivity index (χ0n) is 12.7. The lowest BCUT2D eigenvalue weighted by atomic mass is 10.2. The molecule has 0 unspecified atom stereocenters. The molecule has 21 heavy (non-hydrogen) atoms. The fourth-order valence-electron chi connectivity index (χ4n) is 2.07. The minimum Gasteiger partial charge on any atom is -0.495 e. The Morgan fingerprint density at radius 3 is 2.05 bits per heavy atom. The number of aryl methyl sites for hydroxylation is 1. The summed E-state index contributed by atoms with van der Waals surface area (Å²) in [5.74, 6) is 1.95. The van der Waals surface area contributed by atoms with Gasteiger partial charge in [0.25, 0.3) is 0 Å². The molecule has 2 aromatic carbocycles. The SMILES string of the molecule is COc1ccc(C)cc1Nc1cc(OC)c(OC)cc1N. The predicted molar refractivity (Wildman–Crippen MR) is 85.0 cm³/mol. The number of benzene rings is 2. The number of ether oxygens (including phenoxy) is 3. The summed E-state index contributed by atoms with van der Waals surface area (Å²) in [6.07, 6.45) is 0. The van der Waals surface area contributed by atoms with E-state index in [4.69, 9.17) is 19.9 Å². The molecule has 112 valence electrons. The molecule has 5 heteroatoms. The van der Waals surface area contributed by atoms with Gasteiger partial charge in [-0.05, 0) is 24.6 Å². The molecular weight excluding hydrogens is 268 g/mol.